The van der Waals surface area contributed by atoms with Crippen molar-refractivity contribution < 1.29 is 9.13 Å². The summed E-state index contributed by atoms with van der Waals surface area (Å²) in [6.45, 7) is 2.12. The Morgan fingerprint density at radius 3 is 2.73 bits per heavy atom. The van der Waals surface area contributed by atoms with Crippen LogP contribution in [-0.4, -0.2) is 19.8 Å². The Balaban J connectivity index is 2.16. The summed E-state index contributed by atoms with van der Waals surface area (Å²) < 4.78 is 18.2. The van der Waals surface area contributed by atoms with Gasteiger partial charge in [-0.15, -0.1) is 0 Å². The van der Waals surface area contributed by atoms with E-state index < -0.39 is 0 Å². The average Bonchev–Trinajstić information content (AvgIpc) is 2.30. The number of halogens is 1. The zero-order valence-electron chi connectivity index (χ0n) is 8.66. The van der Waals surface area contributed by atoms with Crippen LogP contribution in [0, 0.1) is 11.7 Å². The Hall–Kier alpha value is -0.930. The van der Waals surface area contributed by atoms with E-state index in [-0.39, 0.29) is 5.82 Å². The molecule has 1 heterocycles. The smallest absolute Gasteiger partial charge is 0.123 e. The Bertz CT molecular complexity index is 312. The largest absolute Gasteiger partial charge is 0.381 e. The van der Waals surface area contributed by atoms with Crippen LogP contribution < -0.4 is 5.73 Å². The highest BCUT2D eigenvalue weighted by atomic mass is 19.1. The number of ether oxygens (including phenoxy) is 1. The Kier molecular flexibility index (Phi) is 3.34. The Morgan fingerprint density at radius 1 is 1.33 bits per heavy atom. The molecule has 2 rings (SSSR count). The molecule has 82 valence electrons. The van der Waals surface area contributed by atoms with E-state index in [4.69, 9.17) is 10.5 Å². The minimum atomic E-state index is -0.185. The number of nitrogens with two attached hydrogens (primary N) is 1. The summed E-state index contributed by atoms with van der Waals surface area (Å²) >= 11 is 0. The lowest BCUT2D eigenvalue weighted by atomic mass is 9.83. The molecule has 0 radical (unpaired) electrons. The molecule has 1 aliphatic rings. The summed E-state index contributed by atoms with van der Waals surface area (Å²) in [6, 6.07) is 6.73. The molecule has 1 aromatic rings. The van der Waals surface area contributed by atoms with Crippen LogP contribution in [0.1, 0.15) is 17.9 Å². The molecule has 0 bridgehead atoms. The van der Waals surface area contributed by atoms with Gasteiger partial charge in [-0.3, -0.25) is 0 Å². The van der Waals surface area contributed by atoms with Gasteiger partial charge in [0.15, 0.2) is 0 Å². The number of hydrogen-bond donors (Lipinski definition) is 1. The van der Waals surface area contributed by atoms with E-state index in [1.807, 2.05) is 12.1 Å². The molecule has 1 saturated heterocycles. The topological polar surface area (TPSA) is 35.2 Å². The molecular formula is C12H16FNO. The van der Waals surface area contributed by atoms with Crippen molar-refractivity contribution in [1.82, 2.24) is 0 Å². The highest BCUT2D eigenvalue weighted by Gasteiger charge is 2.25. The van der Waals surface area contributed by atoms with Crippen LogP contribution in [0.25, 0.3) is 0 Å². The van der Waals surface area contributed by atoms with Crippen LogP contribution in [-0.2, 0) is 4.74 Å². The molecule has 1 aliphatic heterocycles. The van der Waals surface area contributed by atoms with Crippen molar-refractivity contribution in [3.63, 3.8) is 0 Å². The SMILES string of the molecule is NCC1COCCC1c1ccc(F)cc1. The molecule has 3 heteroatoms. The van der Waals surface area contributed by atoms with Crippen LogP contribution >= 0.6 is 0 Å². The van der Waals surface area contributed by atoms with Crippen molar-refractivity contribution in [2.45, 2.75) is 12.3 Å². The van der Waals surface area contributed by atoms with Gasteiger partial charge in [0.1, 0.15) is 5.82 Å². The lowest BCUT2D eigenvalue weighted by Crippen LogP contribution is -2.31. The molecule has 2 atom stereocenters. The van der Waals surface area contributed by atoms with E-state index in [9.17, 15) is 4.39 Å². The molecular weight excluding hydrogens is 193 g/mol. The van der Waals surface area contributed by atoms with Gasteiger partial charge >= 0.3 is 0 Å². The second kappa shape index (κ2) is 4.73. The minimum absolute atomic E-state index is 0.185. The minimum Gasteiger partial charge on any atom is -0.381 e. The first-order chi connectivity index (χ1) is 7.31. The van der Waals surface area contributed by atoms with Crippen molar-refractivity contribution in [2.24, 2.45) is 11.7 Å². The van der Waals surface area contributed by atoms with Crippen molar-refractivity contribution >= 4 is 0 Å². The van der Waals surface area contributed by atoms with E-state index in [2.05, 4.69) is 0 Å². The van der Waals surface area contributed by atoms with E-state index in [0.29, 0.717) is 18.4 Å². The van der Waals surface area contributed by atoms with Crippen LogP contribution in [0.2, 0.25) is 0 Å². The van der Waals surface area contributed by atoms with Gasteiger partial charge in [0.25, 0.3) is 0 Å². The van der Waals surface area contributed by atoms with Gasteiger partial charge in [-0.2, -0.15) is 0 Å². The summed E-state index contributed by atoms with van der Waals surface area (Å²) in [4.78, 5) is 0. The van der Waals surface area contributed by atoms with Gasteiger partial charge in [-0.25, -0.2) is 4.39 Å². The number of benzene rings is 1. The fourth-order valence-electron chi connectivity index (χ4n) is 2.18. The zero-order chi connectivity index (χ0) is 10.7. The molecule has 15 heavy (non-hydrogen) atoms. The highest BCUT2D eigenvalue weighted by Crippen LogP contribution is 2.31. The molecule has 2 nitrogen and oxygen atoms in total. The molecule has 1 fully saturated rings. The third-order valence-corrected chi connectivity index (χ3v) is 3.08. The van der Waals surface area contributed by atoms with Gasteiger partial charge in [-0.05, 0) is 36.6 Å². The van der Waals surface area contributed by atoms with Crippen molar-refractivity contribution in [3.8, 4) is 0 Å². The zero-order valence-corrected chi connectivity index (χ0v) is 8.66. The summed E-state index contributed by atoms with van der Waals surface area (Å²) in [6.07, 6.45) is 0.980. The molecule has 0 saturated carbocycles. The van der Waals surface area contributed by atoms with Crippen LogP contribution in [0.3, 0.4) is 0 Å². The summed E-state index contributed by atoms with van der Waals surface area (Å²) in [7, 11) is 0. The van der Waals surface area contributed by atoms with Gasteiger partial charge in [0.05, 0.1) is 6.61 Å². The molecule has 2 unspecified atom stereocenters. The maximum absolute atomic E-state index is 12.8. The fourth-order valence-corrected chi connectivity index (χ4v) is 2.18. The lowest BCUT2D eigenvalue weighted by molar-refractivity contribution is 0.0436. The van der Waals surface area contributed by atoms with Gasteiger partial charge in [0, 0.05) is 12.5 Å². The van der Waals surface area contributed by atoms with Crippen LogP contribution in [0.15, 0.2) is 24.3 Å². The van der Waals surface area contributed by atoms with E-state index in [0.717, 1.165) is 19.6 Å². The molecule has 1 aromatic carbocycles. The van der Waals surface area contributed by atoms with Crippen LogP contribution in [0.4, 0.5) is 4.39 Å². The van der Waals surface area contributed by atoms with E-state index >= 15 is 0 Å². The maximum Gasteiger partial charge on any atom is 0.123 e. The first-order valence-corrected chi connectivity index (χ1v) is 5.34. The quantitative estimate of drug-likeness (QED) is 0.807. The van der Waals surface area contributed by atoms with Crippen molar-refractivity contribution in [2.75, 3.05) is 19.8 Å². The van der Waals surface area contributed by atoms with Crippen molar-refractivity contribution in [3.05, 3.63) is 35.6 Å². The normalized spacial score (nSPS) is 26.5. The molecule has 2 N–H and O–H groups in total. The Morgan fingerprint density at radius 2 is 2.07 bits per heavy atom. The molecule has 0 amide bonds. The number of hydrogen-bond acceptors (Lipinski definition) is 2. The maximum atomic E-state index is 12.8. The lowest BCUT2D eigenvalue weighted by Gasteiger charge is -2.31. The molecule has 0 aliphatic carbocycles. The predicted octanol–water partition coefficient (Wildman–Crippen LogP) is 1.90. The van der Waals surface area contributed by atoms with E-state index in [1.54, 1.807) is 0 Å². The first-order valence-electron chi connectivity index (χ1n) is 5.34. The first kappa shape index (κ1) is 10.6. The summed E-state index contributed by atoms with van der Waals surface area (Å²) in [5.41, 5.74) is 6.88. The summed E-state index contributed by atoms with van der Waals surface area (Å²) in [5.74, 6) is 0.601. The van der Waals surface area contributed by atoms with Crippen molar-refractivity contribution in [1.29, 1.82) is 0 Å². The van der Waals surface area contributed by atoms with Gasteiger partial charge in [-0.1, -0.05) is 12.1 Å². The van der Waals surface area contributed by atoms with Gasteiger partial charge < -0.3 is 10.5 Å². The highest BCUT2D eigenvalue weighted by molar-refractivity contribution is 5.21. The monoisotopic (exact) mass is 209 g/mol. The second-order valence-corrected chi connectivity index (χ2v) is 4.02. The predicted molar refractivity (Wildman–Crippen MR) is 57.1 cm³/mol. The second-order valence-electron chi connectivity index (χ2n) is 4.02. The Labute approximate surface area is 89.2 Å². The molecule has 0 spiro atoms. The molecule has 0 aromatic heterocycles. The van der Waals surface area contributed by atoms with Gasteiger partial charge in [0.2, 0.25) is 0 Å². The third kappa shape index (κ3) is 2.36. The standard InChI is InChI=1S/C12H16FNO/c13-11-3-1-9(2-4-11)12-5-6-15-8-10(12)7-14/h1-4,10,12H,5-8,14H2. The number of rotatable bonds is 2. The average molecular weight is 209 g/mol. The fraction of sp³-hybridized carbons (Fsp3) is 0.500. The van der Waals surface area contributed by atoms with E-state index in [1.165, 1.54) is 17.7 Å². The third-order valence-electron chi connectivity index (χ3n) is 3.08. The summed E-state index contributed by atoms with van der Waals surface area (Å²) in [5, 5.41) is 0. The van der Waals surface area contributed by atoms with Crippen LogP contribution in [0.5, 0.6) is 0 Å².